The van der Waals surface area contributed by atoms with Gasteiger partial charge in [0.25, 0.3) is 5.69 Å². The molecule has 27 heavy (non-hydrogen) atoms. The maximum atomic E-state index is 12.6. The van der Waals surface area contributed by atoms with Crippen molar-refractivity contribution in [1.82, 2.24) is 4.98 Å². The molecule has 2 rings (SSSR count). The molecule has 0 radical (unpaired) electrons. The third-order valence-corrected chi connectivity index (χ3v) is 4.32. The summed E-state index contributed by atoms with van der Waals surface area (Å²) >= 11 is 0. The lowest BCUT2D eigenvalue weighted by Crippen LogP contribution is -2.25. The summed E-state index contributed by atoms with van der Waals surface area (Å²) in [5.41, 5.74) is 2.08. The van der Waals surface area contributed by atoms with Gasteiger partial charge in [0.05, 0.1) is 16.2 Å². The van der Waals surface area contributed by atoms with Gasteiger partial charge in [-0.25, -0.2) is 4.79 Å². The Hall–Kier alpha value is -3.29. The minimum absolute atomic E-state index is 0.107. The molecule has 1 heterocycles. The number of H-pyrrole nitrogens is 1. The van der Waals surface area contributed by atoms with Crippen LogP contribution in [0.3, 0.4) is 0 Å². The summed E-state index contributed by atoms with van der Waals surface area (Å²) in [5, 5.41) is 10.9. The largest absolute Gasteiger partial charge is 0.451 e. The van der Waals surface area contributed by atoms with E-state index < -0.39 is 22.8 Å². The number of aromatic nitrogens is 1. The number of aryl methyl sites for hydroxylation is 2. The lowest BCUT2D eigenvalue weighted by molar-refractivity contribution is -0.385. The first-order chi connectivity index (χ1) is 12.5. The standard InChI is InChI=1S/C19H20N2O6/c1-9-8-14(6-7-15(9)21(25)26)19(24)27-13(5)18(23)17-10(2)16(12(4)22)11(3)20-17/h6-8,13,20H,1-5H3/t13-/m1/s1. The van der Waals surface area contributed by atoms with E-state index in [-0.39, 0.29) is 22.7 Å². The number of ketones is 2. The van der Waals surface area contributed by atoms with Crippen LogP contribution in [0.2, 0.25) is 0 Å². The first-order valence-corrected chi connectivity index (χ1v) is 8.25. The molecule has 2 aromatic rings. The topological polar surface area (TPSA) is 119 Å². The summed E-state index contributed by atoms with van der Waals surface area (Å²) in [6.07, 6.45) is -1.09. The van der Waals surface area contributed by atoms with Crippen molar-refractivity contribution in [3.8, 4) is 0 Å². The molecule has 0 saturated carbocycles. The Kier molecular flexibility index (Phi) is 5.58. The third kappa shape index (κ3) is 3.94. The highest BCUT2D eigenvalue weighted by molar-refractivity contribution is 6.05. The van der Waals surface area contributed by atoms with Crippen LogP contribution in [0.15, 0.2) is 18.2 Å². The number of nitrogens with one attached hydrogen (secondary N) is 1. The van der Waals surface area contributed by atoms with E-state index in [9.17, 15) is 24.5 Å². The van der Waals surface area contributed by atoms with Crippen LogP contribution in [0, 0.1) is 30.9 Å². The van der Waals surface area contributed by atoms with Gasteiger partial charge < -0.3 is 9.72 Å². The van der Waals surface area contributed by atoms with E-state index in [1.54, 1.807) is 13.8 Å². The Morgan fingerprint density at radius 2 is 1.81 bits per heavy atom. The van der Waals surface area contributed by atoms with Crippen molar-refractivity contribution in [2.75, 3.05) is 0 Å². The first kappa shape index (κ1) is 20.0. The van der Waals surface area contributed by atoms with E-state index in [1.165, 1.54) is 39.0 Å². The van der Waals surface area contributed by atoms with E-state index >= 15 is 0 Å². The summed E-state index contributed by atoms with van der Waals surface area (Å²) in [4.78, 5) is 49.8. The molecule has 1 N–H and O–H groups in total. The quantitative estimate of drug-likeness (QED) is 0.359. The lowest BCUT2D eigenvalue weighted by Gasteiger charge is -2.12. The minimum atomic E-state index is -1.09. The zero-order valence-corrected chi connectivity index (χ0v) is 15.7. The SMILES string of the molecule is CC(=O)c1c(C)[nH]c(C(=O)[C@@H](C)OC(=O)c2ccc([N+](=O)[O-])c(C)c2)c1C. The first-order valence-electron chi connectivity index (χ1n) is 8.25. The van der Waals surface area contributed by atoms with Crippen molar-refractivity contribution in [3.63, 3.8) is 0 Å². The second-order valence-electron chi connectivity index (χ2n) is 6.35. The number of ether oxygens (including phenoxy) is 1. The molecule has 0 unspecified atom stereocenters. The third-order valence-electron chi connectivity index (χ3n) is 4.32. The Balaban J connectivity index is 2.21. The smallest absolute Gasteiger partial charge is 0.338 e. The fourth-order valence-electron chi connectivity index (χ4n) is 3.00. The number of hydrogen-bond acceptors (Lipinski definition) is 6. The molecule has 1 aromatic heterocycles. The Morgan fingerprint density at radius 3 is 2.30 bits per heavy atom. The van der Waals surface area contributed by atoms with Gasteiger partial charge >= 0.3 is 5.97 Å². The number of nitrogens with zero attached hydrogens (tertiary/aromatic N) is 1. The number of rotatable bonds is 6. The molecule has 0 saturated heterocycles. The van der Waals surface area contributed by atoms with Gasteiger partial charge in [0.2, 0.25) is 5.78 Å². The van der Waals surface area contributed by atoms with E-state index in [0.717, 1.165) is 0 Å². The van der Waals surface area contributed by atoms with Crippen LogP contribution in [0.1, 0.15) is 61.9 Å². The molecule has 1 aromatic carbocycles. The lowest BCUT2D eigenvalue weighted by atomic mass is 10.0. The maximum absolute atomic E-state index is 12.6. The zero-order valence-electron chi connectivity index (χ0n) is 15.7. The van der Waals surface area contributed by atoms with Gasteiger partial charge in [0, 0.05) is 22.9 Å². The number of hydrogen-bond donors (Lipinski definition) is 1. The van der Waals surface area contributed by atoms with Crippen LogP contribution in [0.5, 0.6) is 0 Å². The van der Waals surface area contributed by atoms with Crippen LogP contribution in [0.4, 0.5) is 5.69 Å². The summed E-state index contributed by atoms with van der Waals surface area (Å²) in [6, 6.07) is 3.84. The van der Waals surface area contributed by atoms with Gasteiger partial charge in [-0.1, -0.05) is 0 Å². The fraction of sp³-hybridized carbons (Fsp3) is 0.316. The van der Waals surface area contributed by atoms with Gasteiger partial charge in [-0.3, -0.25) is 19.7 Å². The average molecular weight is 372 g/mol. The van der Waals surface area contributed by atoms with Gasteiger partial charge in [-0.15, -0.1) is 0 Å². The van der Waals surface area contributed by atoms with Crippen LogP contribution in [0.25, 0.3) is 0 Å². The molecule has 0 aliphatic carbocycles. The van der Waals surface area contributed by atoms with Crippen molar-refractivity contribution in [2.24, 2.45) is 0 Å². The molecule has 0 fully saturated rings. The van der Waals surface area contributed by atoms with Gasteiger partial charge in [-0.2, -0.15) is 0 Å². The second-order valence-corrected chi connectivity index (χ2v) is 6.35. The predicted molar refractivity (Wildman–Crippen MR) is 97.3 cm³/mol. The van der Waals surface area contributed by atoms with Crippen molar-refractivity contribution in [1.29, 1.82) is 0 Å². The monoisotopic (exact) mass is 372 g/mol. The molecule has 8 nitrogen and oxygen atoms in total. The molecule has 0 aliphatic rings. The van der Waals surface area contributed by atoms with E-state index in [1.807, 2.05) is 0 Å². The normalized spacial score (nSPS) is 11.7. The van der Waals surface area contributed by atoms with Crippen molar-refractivity contribution in [2.45, 2.75) is 40.7 Å². The number of Topliss-reactive ketones (excluding diaryl/α,β-unsaturated/α-hetero) is 2. The van der Waals surface area contributed by atoms with E-state index in [2.05, 4.69) is 4.98 Å². The number of esters is 1. The molecule has 0 aliphatic heterocycles. The zero-order chi connectivity index (χ0) is 20.5. The van der Waals surface area contributed by atoms with E-state index in [4.69, 9.17) is 4.74 Å². The van der Waals surface area contributed by atoms with Gasteiger partial charge in [-0.05, 0) is 52.3 Å². The molecule has 8 heteroatoms. The molecule has 0 spiro atoms. The minimum Gasteiger partial charge on any atom is -0.451 e. The maximum Gasteiger partial charge on any atom is 0.338 e. The number of benzene rings is 1. The molecule has 0 bridgehead atoms. The van der Waals surface area contributed by atoms with Crippen molar-refractivity contribution < 1.29 is 24.0 Å². The molecular formula is C19H20N2O6. The van der Waals surface area contributed by atoms with Crippen molar-refractivity contribution >= 4 is 23.2 Å². The Labute approximate surface area is 155 Å². The summed E-state index contributed by atoms with van der Waals surface area (Å²) in [5.74, 6) is -1.39. The highest BCUT2D eigenvalue weighted by atomic mass is 16.6. The highest BCUT2D eigenvalue weighted by Crippen LogP contribution is 2.22. The van der Waals surface area contributed by atoms with Crippen LogP contribution >= 0.6 is 0 Å². The highest BCUT2D eigenvalue weighted by Gasteiger charge is 2.26. The van der Waals surface area contributed by atoms with Crippen LogP contribution < -0.4 is 0 Å². The van der Waals surface area contributed by atoms with Gasteiger partial charge in [0.1, 0.15) is 0 Å². The Morgan fingerprint density at radius 1 is 1.19 bits per heavy atom. The van der Waals surface area contributed by atoms with Gasteiger partial charge in [0.15, 0.2) is 11.9 Å². The Bertz CT molecular complexity index is 957. The number of aromatic amines is 1. The fourth-order valence-corrected chi connectivity index (χ4v) is 3.00. The van der Waals surface area contributed by atoms with E-state index in [0.29, 0.717) is 22.4 Å². The molecular weight excluding hydrogens is 352 g/mol. The predicted octanol–water partition coefficient (Wildman–Crippen LogP) is 3.48. The summed E-state index contributed by atoms with van der Waals surface area (Å²) in [6.45, 7) is 7.70. The number of nitro benzene ring substituents is 1. The van der Waals surface area contributed by atoms with Crippen LogP contribution in [-0.2, 0) is 4.74 Å². The average Bonchev–Trinajstić information content (AvgIpc) is 2.87. The molecule has 142 valence electrons. The number of nitro groups is 1. The second kappa shape index (κ2) is 7.53. The van der Waals surface area contributed by atoms with Crippen LogP contribution in [-0.4, -0.2) is 33.5 Å². The summed E-state index contributed by atoms with van der Waals surface area (Å²) in [7, 11) is 0. The number of carbonyl (C=O) groups excluding carboxylic acids is 3. The van der Waals surface area contributed by atoms with Crippen molar-refractivity contribution in [3.05, 3.63) is 62.0 Å². The molecule has 0 amide bonds. The number of carbonyl (C=O) groups is 3. The molecule has 1 atom stereocenters. The summed E-state index contributed by atoms with van der Waals surface area (Å²) < 4.78 is 5.21.